The lowest BCUT2D eigenvalue weighted by molar-refractivity contribution is -0.129. The van der Waals surface area contributed by atoms with Crippen LogP contribution in [0.1, 0.15) is 84.6 Å². The van der Waals surface area contributed by atoms with Gasteiger partial charge in [-0.1, -0.05) is 6.07 Å². The Labute approximate surface area is 208 Å². The first kappa shape index (κ1) is 23.3. The van der Waals surface area contributed by atoms with Crippen LogP contribution in [-0.2, 0) is 28.9 Å². The second-order valence-electron chi connectivity index (χ2n) is 10.2. The summed E-state index contributed by atoms with van der Waals surface area (Å²) in [5, 5.41) is 11.9. The lowest BCUT2D eigenvalue weighted by Crippen LogP contribution is -2.35. The van der Waals surface area contributed by atoms with Crippen molar-refractivity contribution in [2.75, 3.05) is 19.8 Å². The van der Waals surface area contributed by atoms with E-state index in [1.165, 1.54) is 5.69 Å². The van der Waals surface area contributed by atoms with Crippen LogP contribution in [0.4, 0.5) is 8.78 Å². The summed E-state index contributed by atoms with van der Waals surface area (Å²) in [6, 6.07) is 3.91. The van der Waals surface area contributed by atoms with Gasteiger partial charge in [0, 0.05) is 74.1 Å². The highest BCUT2D eigenvalue weighted by Crippen LogP contribution is 2.44. The molecule has 190 valence electrons. The lowest BCUT2D eigenvalue weighted by atomic mass is 9.77. The molecule has 1 fully saturated rings. The molecule has 2 aliphatic heterocycles. The van der Waals surface area contributed by atoms with Crippen LogP contribution < -0.4 is 0 Å². The van der Waals surface area contributed by atoms with Crippen molar-refractivity contribution in [2.45, 2.75) is 70.4 Å². The molecule has 4 heterocycles. The van der Waals surface area contributed by atoms with Crippen molar-refractivity contribution in [2.24, 2.45) is 0 Å². The van der Waals surface area contributed by atoms with Gasteiger partial charge in [-0.2, -0.15) is 10.2 Å². The van der Waals surface area contributed by atoms with Crippen molar-refractivity contribution < 1.29 is 18.3 Å². The quantitative estimate of drug-likeness (QED) is 0.557. The lowest BCUT2D eigenvalue weighted by Gasteiger charge is -2.30. The minimum absolute atomic E-state index is 0.0325. The van der Waals surface area contributed by atoms with Crippen LogP contribution >= 0.6 is 0 Å². The Morgan fingerprint density at radius 1 is 1.19 bits per heavy atom. The molecule has 3 aromatic rings. The summed E-state index contributed by atoms with van der Waals surface area (Å²) in [6.45, 7) is 4.26. The first-order valence-corrected chi connectivity index (χ1v) is 12.9. The molecule has 1 aromatic carbocycles. The number of carbonyl (C=O) groups excluding carboxylic acids is 1. The standard InChI is InChI=1S/C27H31F2N5O2/c1-16(35)33-8-5-25-24(15-33)26(32-34(25)19-6-9-36-10-7-19)20-4-2-3-17-11-21(18-13-30-31-14-18)23(27(28)29)12-22(17)20/h11-14,19-20,27H,2-10,15H2,1H3,(H,30,31). The van der Waals surface area contributed by atoms with Crippen molar-refractivity contribution in [1.29, 1.82) is 0 Å². The van der Waals surface area contributed by atoms with Gasteiger partial charge in [0.2, 0.25) is 5.91 Å². The number of ether oxygens (including phenoxy) is 1. The highest BCUT2D eigenvalue weighted by atomic mass is 19.3. The number of aromatic amines is 1. The number of aromatic nitrogens is 4. The molecule has 1 saturated heterocycles. The van der Waals surface area contributed by atoms with Gasteiger partial charge >= 0.3 is 0 Å². The van der Waals surface area contributed by atoms with E-state index < -0.39 is 6.43 Å². The van der Waals surface area contributed by atoms with Gasteiger partial charge < -0.3 is 9.64 Å². The molecule has 6 rings (SSSR count). The molecule has 3 aliphatic rings. The highest BCUT2D eigenvalue weighted by molar-refractivity contribution is 5.73. The Morgan fingerprint density at radius 2 is 2.03 bits per heavy atom. The van der Waals surface area contributed by atoms with Crippen LogP contribution in [-0.4, -0.2) is 50.5 Å². The number of aryl methyl sites for hydroxylation is 1. The van der Waals surface area contributed by atoms with Crippen molar-refractivity contribution in [1.82, 2.24) is 24.9 Å². The zero-order valence-corrected chi connectivity index (χ0v) is 20.5. The van der Waals surface area contributed by atoms with Gasteiger partial charge in [-0.3, -0.25) is 14.6 Å². The average molecular weight is 496 g/mol. The minimum atomic E-state index is -2.59. The van der Waals surface area contributed by atoms with E-state index in [4.69, 9.17) is 9.84 Å². The second kappa shape index (κ2) is 9.42. The number of H-pyrrole nitrogens is 1. The topological polar surface area (TPSA) is 76.0 Å². The largest absolute Gasteiger partial charge is 0.381 e. The molecule has 1 amide bonds. The van der Waals surface area contributed by atoms with Crippen LogP contribution in [0.25, 0.3) is 11.1 Å². The first-order chi connectivity index (χ1) is 17.5. The monoisotopic (exact) mass is 495 g/mol. The molecule has 0 bridgehead atoms. The van der Waals surface area contributed by atoms with Gasteiger partial charge in [0.15, 0.2) is 0 Å². The molecule has 1 aliphatic carbocycles. The van der Waals surface area contributed by atoms with E-state index in [2.05, 4.69) is 14.9 Å². The summed E-state index contributed by atoms with van der Waals surface area (Å²) in [4.78, 5) is 14.1. The van der Waals surface area contributed by atoms with Crippen molar-refractivity contribution in [3.05, 3.63) is 58.2 Å². The molecule has 7 nitrogen and oxygen atoms in total. The van der Waals surface area contributed by atoms with E-state index in [-0.39, 0.29) is 23.4 Å². The number of halogens is 2. The predicted molar refractivity (Wildman–Crippen MR) is 130 cm³/mol. The van der Waals surface area contributed by atoms with Gasteiger partial charge in [-0.15, -0.1) is 0 Å². The van der Waals surface area contributed by atoms with Crippen LogP contribution in [0.15, 0.2) is 24.5 Å². The van der Waals surface area contributed by atoms with Gasteiger partial charge in [0.25, 0.3) is 6.43 Å². The normalized spacial score (nSPS) is 20.4. The average Bonchev–Trinajstić information content (AvgIpc) is 3.56. The Bertz CT molecular complexity index is 1260. The summed E-state index contributed by atoms with van der Waals surface area (Å²) in [7, 11) is 0. The van der Waals surface area contributed by atoms with E-state index in [9.17, 15) is 13.6 Å². The van der Waals surface area contributed by atoms with Crippen LogP contribution in [0, 0.1) is 0 Å². The summed E-state index contributed by atoms with van der Waals surface area (Å²) in [5.74, 6) is -0.00870. The van der Waals surface area contributed by atoms with Crippen molar-refractivity contribution in [3.63, 3.8) is 0 Å². The smallest absolute Gasteiger partial charge is 0.264 e. The van der Waals surface area contributed by atoms with E-state index in [0.29, 0.717) is 24.2 Å². The molecule has 9 heteroatoms. The van der Waals surface area contributed by atoms with Gasteiger partial charge in [-0.25, -0.2) is 8.78 Å². The number of carbonyl (C=O) groups is 1. The molecular formula is C27H31F2N5O2. The van der Waals surface area contributed by atoms with Crippen LogP contribution in [0.3, 0.4) is 0 Å². The number of amides is 1. The predicted octanol–water partition coefficient (Wildman–Crippen LogP) is 4.94. The Morgan fingerprint density at radius 3 is 2.75 bits per heavy atom. The number of benzene rings is 1. The molecule has 2 aromatic heterocycles. The zero-order chi connectivity index (χ0) is 24.8. The number of hydrogen-bond acceptors (Lipinski definition) is 4. The molecule has 36 heavy (non-hydrogen) atoms. The maximum absolute atomic E-state index is 14.3. The van der Waals surface area contributed by atoms with Gasteiger partial charge in [-0.05, 0) is 54.9 Å². The fourth-order valence-electron chi connectivity index (χ4n) is 6.24. The van der Waals surface area contributed by atoms with Crippen LogP contribution in [0.2, 0.25) is 0 Å². The number of nitrogens with one attached hydrogen (secondary N) is 1. The SMILES string of the molecule is CC(=O)N1CCc2c(c(C3CCCc4cc(-c5cn[nH]c5)c(C(F)F)cc43)nn2C2CCOCC2)C1. The van der Waals surface area contributed by atoms with Crippen molar-refractivity contribution in [3.8, 4) is 11.1 Å². The Balaban J connectivity index is 1.47. The number of hydrogen-bond donors (Lipinski definition) is 1. The molecular weight excluding hydrogens is 464 g/mol. The number of fused-ring (bicyclic) bond motifs is 2. The third kappa shape index (κ3) is 4.03. The maximum atomic E-state index is 14.3. The minimum Gasteiger partial charge on any atom is -0.381 e. The van der Waals surface area contributed by atoms with Crippen molar-refractivity contribution >= 4 is 5.91 Å². The molecule has 1 atom stereocenters. The summed E-state index contributed by atoms with van der Waals surface area (Å²) in [6.07, 6.45) is 5.92. The fraction of sp³-hybridized carbons (Fsp3) is 0.519. The van der Waals surface area contributed by atoms with E-state index in [0.717, 1.165) is 74.1 Å². The molecule has 1 unspecified atom stereocenters. The Kier molecular flexibility index (Phi) is 6.11. The van der Waals surface area contributed by atoms with E-state index in [1.54, 1.807) is 25.4 Å². The molecule has 0 spiro atoms. The number of alkyl halides is 2. The number of nitrogens with zero attached hydrogens (tertiary/aromatic N) is 4. The zero-order valence-electron chi connectivity index (χ0n) is 20.5. The highest BCUT2D eigenvalue weighted by Gasteiger charge is 2.35. The maximum Gasteiger partial charge on any atom is 0.264 e. The third-order valence-corrected chi connectivity index (χ3v) is 8.10. The molecule has 0 radical (unpaired) electrons. The van der Waals surface area contributed by atoms with E-state index >= 15 is 0 Å². The molecule has 1 N–H and O–H groups in total. The van der Waals surface area contributed by atoms with E-state index in [1.807, 2.05) is 11.0 Å². The Hall–Kier alpha value is -3.07. The summed E-state index contributed by atoms with van der Waals surface area (Å²) >= 11 is 0. The second-order valence-corrected chi connectivity index (χ2v) is 10.2. The van der Waals surface area contributed by atoms with Crippen LogP contribution in [0.5, 0.6) is 0 Å². The fourth-order valence-corrected chi connectivity index (χ4v) is 6.24. The summed E-state index contributed by atoms with van der Waals surface area (Å²) < 4.78 is 36.3. The van der Waals surface area contributed by atoms with Gasteiger partial charge in [0.1, 0.15) is 0 Å². The molecule has 0 saturated carbocycles. The third-order valence-electron chi connectivity index (χ3n) is 8.10. The number of rotatable bonds is 4. The van der Waals surface area contributed by atoms with Gasteiger partial charge in [0.05, 0.1) is 17.9 Å². The first-order valence-electron chi connectivity index (χ1n) is 12.9. The summed E-state index contributed by atoms with van der Waals surface area (Å²) in [5.41, 5.74) is 6.56.